The molecule has 0 aliphatic rings. The van der Waals surface area contributed by atoms with Crippen LogP contribution in [0.4, 0.5) is 0 Å². The summed E-state index contributed by atoms with van der Waals surface area (Å²) in [6.07, 6.45) is 2.00. The molecule has 0 saturated carbocycles. The van der Waals surface area contributed by atoms with Crippen molar-refractivity contribution in [3.63, 3.8) is 0 Å². The molecule has 1 amide bonds. The number of rotatable bonds is 5. The number of aliphatic hydroxyl groups is 1. The highest BCUT2D eigenvalue weighted by atomic mass is 32.1. The van der Waals surface area contributed by atoms with Crippen LogP contribution in [-0.2, 0) is 6.42 Å². The van der Waals surface area contributed by atoms with Gasteiger partial charge in [0, 0.05) is 0 Å². The Morgan fingerprint density at radius 3 is 2.78 bits per heavy atom. The van der Waals surface area contributed by atoms with Crippen molar-refractivity contribution in [3.05, 3.63) is 47.8 Å². The molecule has 0 bridgehead atoms. The summed E-state index contributed by atoms with van der Waals surface area (Å²) < 4.78 is 7.62. The van der Waals surface area contributed by atoms with E-state index in [9.17, 15) is 9.90 Å². The molecule has 2 N–H and O–H groups in total. The maximum atomic E-state index is 11.7. The molecule has 0 saturated heterocycles. The summed E-state index contributed by atoms with van der Waals surface area (Å²) in [6.45, 7) is -0.113. The van der Waals surface area contributed by atoms with E-state index in [0.717, 1.165) is 17.3 Å². The van der Waals surface area contributed by atoms with E-state index in [2.05, 4.69) is 14.1 Å². The average Bonchev–Trinajstić information content (AvgIpc) is 2.93. The number of benzene rings is 1. The van der Waals surface area contributed by atoms with Crippen LogP contribution in [0.1, 0.15) is 16.1 Å². The molecule has 0 aliphatic carbocycles. The molecule has 0 radical (unpaired) electrons. The third-order valence-corrected chi connectivity index (χ3v) is 2.95. The first-order valence-corrected chi connectivity index (χ1v) is 6.26. The van der Waals surface area contributed by atoms with E-state index in [1.807, 2.05) is 30.3 Å². The third-order valence-electron chi connectivity index (χ3n) is 2.47. The lowest BCUT2D eigenvalue weighted by Crippen LogP contribution is -2.39. The minimum atomic E-state index is -0.318. The van der Waals surface area contributed by atoms with Crippen LogP contribution in [0.3, 0.4) is 0 Å². The summed E-state index contributed by atoms with van der Waals surface area (Å²) in [7, 11) is 0. The topological polar surface area (TPSA) is 75.1 Å². The Bertz CT molecular complexity index is 487. The summed E-state index contributed by atoms with van der Waals surface area (Å²) in [4.78, 5) is 11.7. The Morgan fingerprint density at radius 1 is 1.39 bits per heavy atom. The zero-order valence-electron chi connectivity index (χ0n) is 9.61. The smallest absolute Gasteiger partial charge is 0.272 e. The Labute approximate surface area is 109 Å². The molecule has 1 atom stereocenters. The van der Waals surface area contributed by atoms with E-state index in [1.54, 1.807) is 0 Å². The van der Waals surface area contributed by atoms with E-state index < -0.39 is 0 Å². The van der Waals surface area contributed by atoms with Crippen LogP contribution < -0.4 is 5.32 Å². The Morgan fingerprint density at radius 2 is 2.17 bits per heavy atom. The van der Waals surface area contributed by atoms with Crippen molar-refractivity contribution in [1.29, 1.82) is 0 Å². The van der Waals surface area contributed by atoms with E-state index in [-0.39, 0.29) is 24.2 Å². The minimum Gasteiger partial charge on any atom is -0.394 e. The first-order chi connectivity index (χ1) is 8.79. The fourth-order valence-corrected chi connectivity index (χ4v) is 2.00. The van der Waals surface area contributed by atoms with E-state index in [4.69, 9.17) is 0 Å². The van der Waals surface area contributed by atoms with Crippen LogP contribution >= 0.6 is 11.7 Å². The number of aliphatic hydroxyl groups excluding tert-OH is 1. The molecule has 0 spiro atoms. The summed E-state index contributed by atoms with van der Waals surface area (Å²) >= 11 is 0.983. The first-order valence-electron chi connectivity index (χ1n) is 5.53. The van der Waals surface area contributed by atoms with Crippen LogP contribution in [0.25, 0.3) is 0 Å². The molecule has 0 unspecified atom stereocenters. The summed E-state index contributed by atoms with van der Waals surface area (Å²) in [5.41, 5.74) is 1.35. The molecule has 0 fully saturated rings. The number of hydrogen-bond acceptors (Lipinski definition) is 5. The molecule has 0 aliphatic heterocycles. The lowest BCUT2D eigenvalue weighted by molar-refractivity contribution is 0.0912. The molecule has 2 rings (SSSR count). The van der Waals surface area contributed by atoms with E-state index in [0.29, 0.717) is 6.42 Å². The molecule has 1 heterocycles. The van der Waals surface area contributed by atoms with Gasteiger partial charge < -0.3 is 10.4 Å². The van der Waals surface area contributed by atoms with Crippen molar-refractivity contribution >= 4 is 17.6 Å². The van der Waals surface area contributed by atoms with Gasteiger partial charge in [0.2, 0.25) is 0 Å². The fourth-order valence-electron chi connectivity index (χ4n) is 1.58. The number of carbonyl (C=O) groups is 1. The van der Waals surface area contributed by atoms with E-state index >= 15 is 0 Å². The lowest BCUT2D eigenvalue weighted by atomic mass is 10.1. The van der Waals surface area contributed by atoms with Gasteiger partial charge in [-0.15, -0.1) is 0 Å². The molecular weight excluding hydrogens is 250 g/mol. The molecule has 18 heavy (non-hydrogen) atoms. The van der Waals surface area contributed by atoms with Gasteiger partial charge in [0.25, 0.3) is 5.91 Å². The van der Waals surface area contributed by atoms with Gasteiger partial charge in [0.05, 0.1) is 30.6 Å². The molecule has 5 nitrogen and oxygen atoms in total. The molecule has 94 valence electrons. The number of nitrogens with zero attached hydrogens (tertiary/aromatic N) is 2. The van der Waals surface area contributed by atoms with Crippen LogP contribution in [0, 0.1) is 0 Å². The van der Waals surface area contributed by atoms with Crippen molar-refractivity contribution < 1.29 is 9.90 Å². The van der Waals surface area contributed by atoms with Crippen LogP contribution in [0.2, 0.25) is 0 Å². The highest BCUT2D eigenvalue weighted by molar-refractivity contribution is 6.99. The Kier molecular flexibility index (Phi) is 4.38. The lowest BCUT2D eigenvalue weighted by Gasteiger charge is -2.15. The maximum Gasteiger partial charge on any atom is 0.272 e. The predicted molar refractivity (Wildman–Crippen MR) is 68.4 cm³/mol. The molecule has 6 heteroatoms. The minimum absolute atomic E-state index is 0.113. The average molecular weight is 263 g/mol. The van der Waals surface area contributed by atoms with Crippen LogP contribution in [0.5, 0.6) is 0 Å². The number of aromatic nitrogens is 2. The number of carbonyl (C=O) groups excluding carboxylic acids is 1. The van der Waals surface area contributed by atoms with Gasteiger partial charge in [-0.05, 0) is 12.0 Å². The van der Waals surface area contributed by atoms with Gasteiger partial charge in [-0.1, -0.05) is 30.3 Å². The Hall–Kier alpha value is -1.79. The SMILES string of the molecule is O=C(N[C@@H](CO)Cc1ccccc1)c1cnsn1. The largest absolute Gasteiger partial charge is 0.394 e. The quantitative estimate of drug-likeness (QED) is 0.839. The van der Waals surface area contributed by atoms with Gasteiger partial charge >= 0.3 is 0 Å². The monoisotopic (exact) mass is 263 g/mol. The zero-order chi connectivity index (χ0) is 12.8. The highest BCUT2D eigenvalue weighted by Crippen LogP contribution is 2.04. The normalized spacial score (nSPS) is 12.1. The number of nitrogens with one attached hydrogen (secondary N) is 1. The van der Waals surface area contributed by atoms with Crippen LogP contribution in [0.15, 0.2) is 36.5 Å². The molecule has 1 aromatic carbocycles. The fraction of sp³-hybridized carbons (Fsp3) is 0.250. The van der Waals surface area contributed by atoms with Crippen molar-refractivity contribution in [2.24, 2.45) is 0 Å². The second kappa shape index (κ2) is 6.23. The van der Waals surface area contributed by atoms with Crippen molar-refractivity contribution in [3.8, 4) is 0 Å². The molecule has 1 aromatic heterocycles. The van der Waals surface area contributed by atoms with Crippen molar-refractivity contribution in [2.75, 3.05) is 6.61 Å². The summed E-state index contributed by atoms with van der Waals surface area (Å²) in [5, 5.41) is 12.0. The summed E-state index contributed by atoms with van der Waals surface area (Å²) in [6, 6.07) is 9.38. The van der Waals surface area contributed by atoms with Gasteiger partial charge in [0.15, 0.2) is 5.69 Å². The maximum absolute atomic E-state index is 11.7. The second-order valence-corrected chi connectivity index (χ2v) is 4.39. The molecule has 2 aromatic rings. The zero-order valence-corrected chi connectivity index (χ0v) is 10.4. The van der Waals surface area contributed by atoms with Gasteiger partial charge in [-0.3, -0.25) is 4.79 Å². The van der Waals surface area contributed by atoms with Crippen molar-refractivity contribution in [2.45, 2.75) is 12.5 Å². The second-order valence-electron chi connectivity index (χ2n) is 3.84. The highest BCUT2D eigenvalue weighted by Gasteiger charge is 2.15. The molecular formula is C12H13N3O2S. The van der Waals surface area contributed by atoms with E-state index in [1.165, 1.54) is 6.20 Å². The van der Waals surface area contributed by atoms with Gasteiger partial charge in [-0.25, -0.2) is 0 Å². The number of hydrogen-bond donors (Lipinski definition) is 2. The standard InChI is InChI=1S/C12H13N3O2S/c16-8-10(6-9-4-2-1-3-5-9)14-12(17)11-7-13-18-15-11/h1-5,7,10,16H,6,8H2,(H,14,17)/t10-/m1/s1. The van der Waals surface area contributed by atoms with Gasteiger partial charge in [-0.2, -0.15) is 8.75 Å². The first kappa shape index (κ1) is 12.7. The van der Waals surface area contributed by atoms with Crippen LogP contribution in [-0.4, -0.2) is 32.4 Å². The summed E-state index contributed by atoms with van der Waals surface area (Å²) in [5.74, 6) is -0.307. The number of amides is 1. The third kappa shape index (κ3) is 3.35. The predicted octanol–water partition coefficient (Wildman–Crippen LogP) is 0.871. The van der Waals surface area contributed by atoms with Crippen molar-refractivity contribution in [1.82, 2.24) is 14.1 Å². The van der Waals surface area contributed by atoms with Gasteiger partial charge in [0.1, 0.15) is 0 Å². The Balaban J connectivity index is 1.96.